The maximum Gasteiger partial charge on any atom is 0.338 e. The first kappa shape index (κ1) is 17.4. The number of benzene rings is 1. The van der Waals surface area contributed by atoms with Crippen LogP contribution in [0.3, 0.4) is 0 Å². The molecule has 0 saturated heterocycles. The first-order valence-electron chi connectivity index (χ1n) is 8.50. The molecule has 0 spiro atoms. The van der Waals surface area contributed by atoms with Crippen LogP contribution in [-0.4, -0.2) is 27.1 Å². The molecule has 3 aromatic heterocycles. The van der Waals surface area contributed by atoms with Gasteiger partial charge < -0.3 is 19.0 Å². The highest BCUT2D eigenvalue weighted by Crippen LogP contribution is 2.36. The van der Waals surface area contributed by atoms with E-state index < -0.39 is 5.97 Å². The van der Waals surface area contributed by atoms with Gasteiger partial charge in [-0.15, -0.1) is 0 Å². The Morgan fingerprint density at radius 1 is 1.21 bits per heavy atom. The van der Waals surface area contributed by atoms with E-state index >= 15 is 0 Å². The molecule has 3 heterocycles. The SMILES string of the molecule is N#CCOc1cc(OCc2cccnc2)c2c(C(=O)O)c3ccccc3n2c1. The van der Waals surface area contributed by atoms with E-state index in [2.05, 4.69) is 4.98 Å². The summed E-state index contributed by atoms with van der Waals surface area (Å²) in [5, 5.41) is 19.2. The molecule has 0 saturated carbocycles. The summed E-state index contributed by atoms with van der Waals surface area (Å²) in [6.45, 7) is 0.0876. The maximum absolute atomic E-state index is 12.0. The number of carbonyl (C=O) groups is 1. The zero-order valence-corrected chi connectivity index (χ0v) is 14.7. The Morgan fingerprint density at radius 3 is 2.82 bits per heavy atom. The lowest BCUT2D eigenvalue weighted by atomic mass is 10.1. The molecule has 0 unspecified atom stereocenters. The summed E-state index contributed by atoms with van der Waals surface area (Å²) < 4.78 is 13.1. The molecule has 0 atom stereocenters. The van der Waals surface area contributed by atoms with Crippen molar-refractivity contribution in [1.29, 1.82) is 5.26 Å². The standard InChI is InChI=1S/C21H15N3O4/c22-7-9-27-15-10-18(28-13-14-4-3-8-23-11-14)20-19(21(25)26)16-5-1-2-6-17(16)24(20)12-15/h1-6,8,10-12H,9,13H2,(H,25,26). The van der Waals surface area contributed by atoms with E-state index in [1.807, 2.05) is 24.3 Å². The first-order chi connectivity index (χ1) is 13.7. The van der Waals surface area contributed by atoms with Crippen LogP contribution in [0.2, 0.25) is 0 Å². The lowest BCUT2D eigenvalue weighted by Gasteiger charge is -2.12. The summed E-state index contributed by atoms with van der Waals surface area (Å²) >= 11 is 0. The Kier molecular flexibility index (Phi) is 4.52. The second-order valence-electron chi connectivity index (χ2n) is 6.05. The lowest BCUT2D eigenvalue weighted by molar-refractivity contribution is 0.0700. The number of nitrogens with zero attached hydrogens (tertiary/aromatic N) is 3. The third kappa shape index (κ3) is 3.08. The lowest BCUT2D eigenvalue weighted by Crippen LogP contribution is -2.03. The second-order valence-corrected chi connectivity index (χ2v) is 6.05. The molecule has 0 aliphatic carbocycles. The summed E-state index contributed by atoms with van der Waals surface area (Å²) in [4.78, 5) is 16.1. The molecule has 0 fully saturated rings. The van der Waals surface area contributed by atoms with E-state index in [1.54, 1.807) is 47.3 Å². The van der Waals surface area contributed by atoms with E-state index in [4.69, 9.17) is 14.7 Å². The van der Waals surface area contributed by atoms with Crippen LogP contribution in [0.1, 0.15) is 15.9 Å². The zero-order valence-electron chi connectivity index (χ0n) is 14.7. The van der Waals surface area contributed by atoms with Gasteiger partial charge in [0.05, 0.1) is 17.3 Å². The monoisotopic (exact) mass is 373 g/mol. The van der Waals surface area contributed by atoms with E-state index in [0.717, 1.165) is 5.56 Å². The maximum atomic E-state index is 12.0. The predicted octanol–water partition coefficient (Wildman–Crippen LogP) is 3.67. The van der Waals surface area contributed by atoms with Crippen molar-refractivity contribution >= 4 is 22.4 Å². The molecule has 7 nitrogen and oxygen atoms in total. The van der Waals surface area contributed by atoms with E-state index in [-0.39, 0.29) is 18.8 Å². The van der Waals surface area contributed by atoms with Gasteiger partial charge in [-0.1, -0.05) is 24.3 Å². The Balaban J connectivity index is 1.92. The highest BCUT2D eigenvalue weighted by atomic mass is 16.5. The third-order valence-corrected chi connectivity index (χ3v) is 4.31. The molecule has 0 aliphatic heterocycles. The van der Waals surface area contributed by atoms with Gasteiger partial charge in [-0.3, -0.25) is 4.98 Å². The summed E-state index contributed by atoms with van der Waals surface area (Å²) in [7, 11) is 0. The molecule has 1 aromatic carbocycles. The fourth-order valence-corrected chi connectivity index (χ4v) is 3.17. The van der Waals surface area contributed by atoms with Crippen LogP contribution < -0.4 is 9.47 Å². The molecule has 4 aromatic rings. The Hall–Kier alpha value is -4.05. The van der Waals surface area contributed by atoms with Gasteiger partial charge in [0.15, 0.2) is 6.61 Å². The number of nitriles is 1. The topological polar surface area (TPSA) is 96.9 Å². The van der Waals surface area contributed by atoms with E-state index in [9.17, 15) is 9.90 Å². The van der Waals surface area contributed by atoms with Crippen LogP contribution in [0, 0.1) is 11.3 Å². The number of hydrogen-bond donors (Lipinski definition) is 1. The molecule has 4 rings (SSSR count). The number of hydrogen-bond acceptors (Lipinski definition) is 5. The number of para-hydroxylation sites is 1. The average molecular weight is 373 g/mol. The number of rotatable bonds is 6. The van der Waals surface area contributed by atoms with E-state index in [0.29, 0.717) is 27.9 Å². The van der Waals surface area contributed by atoms with Crippen molar-refractivity contribution in [3.63, 3.8) is 0 Å². The van der Waals surface area contributed by atoms with Gasteiger partial charge in [-0.05, 0) is 12.1 Å². The molecule has 138 valence electrons. The largest absolute Gasteiger partial charge is 0.486 e. The quantitative estimate of drug-likeness (QED) is 0.554. The highest BCUT2D eigenvalue weighted by Gasteiger charge is 2.22. The normalized spacial score (nSPS) is 10.7. The average Bonchev–Trinajstić information content (AvgIpc) is 3.06. The summed E-state index contributed by atoms with van der Waals surface area (Å²) in [6.07, 6.45) is 5.01. The molecular weight excluding hydrogens is 358 g/mol. The fraction of sp³-hybridized carbons (Fsp3) is 0.0952. The highest BCUT2D eigenvalue weighted by molar-refractivity contribution is 6.12. The van der Waals surface area contributed by atoms with E-state index in [1.165, 1.54) is 0 Å². The van der Waals surface area contributed by atoms with Gasteiger partial charge in [0.2, 0.25) is 0 Å². The number of ether oxygens (including phenoxy) is 2. The number of aromatic carboxylic acids is 1. The number of aromatic nitrogens is 2. The van der Waals surface area contributed by atoms with Crippen molar-refractivity contribution in [2.24, 2.45) is 0 Å². The molecule has 0 radical (unpaired) electrons. The molecule has 0 amide bonds. The van der Waals surface area contributed by atoms with Crippen molar-refractivity contribution in [3.05, 3.63) is 72.2 Å². The van der Waals surface area contributed by atoms with Crippen molar-refractivity contribution in [2.75, 3.05) is 6.61 Å². The predicted molar refractivity (Wildman–Crippen MR) is 102 cm³/mol. The molecular formula is C21H15N3O4. The van der Waals surface area contributed by atoms with Gasteiger partial charge in [0.25, 0.3) is 0 Å². The minimum Gasteiger partial charge on any atom is -0.486 e. The van der Waals surface area contributed by atoms with Crippen LogP contribution in [0.25, 0.3) is 16.4 Å². The minimum atomic E-state index is -1.05. The van der Waals surface area contributed by atoms with Crippen molar-refractivity contribution in [2.45, 2.75) is 6.61 Å². The Labute approximate surface area is 160 Å². The molecule has 7 heteroatoms. The van der Waals surface area contributed by atoms with Crippen LogP contribution in [0.15, 0.2) is 61.1 Å². The minimum absolute atomic E-state index is 0.126. The second kappa shape index (κ2) is 7.29. The molecule has 1 N–H and O–H groups in total. The van der Waals surface area contributed by atoms with Gasteiger partial charge in [0.1, 0.15) is 29.7 Å². The number of fused-ring (bicyclic) bond motifs is 3. The Bertz CT molecular complexity index is 1210. The van der Waals surface area contributed by atoms with Gasteiger partial charge in [-0.2, -0.15) is 5.26 Å². The summed E-state index contributed by atoms with van der Waals surface area (Å²) in [5.74, 6) is -0.281. The third-order valence-electron chi connectivity index (χ3n) is 4.31. The van der Waals surface area contributed by atoms with Gasteiger partial charge in [-0.25, -0.2) is 4.79 Å². The zero-order chi connectivity index (χ0) is 19.5. The van der Waals surface area contributed by atoms with Crippen molar-refractivity contribution < 1.29 is 19.4 Å². The number of carboxylic acids is 1. The molecule has 0 aliphatic rings. The molecule has 28 heavy (non-hydrogen) atoms. The number of pyridine rings is 2. The van der Waals surface area contributed by atoms with Crippen LogP contribution in [0.5, 0.6) is 11.5 Å². The van der Waals surface area contributed by atoms with Crippen molar-refractivity contribution in [3.8, 4) is 17.6 Å². The summed E-state index contributed by atoms with van der Waals surface area (Å²) in [5.41, 5.74) is 2.14. The van der Waals surface area contributed by atoms with Crippen molar-refractivity contribution in [1.82, 2.24) is 9.38 Å². The Morgan fingerprint density at radius 2 is 2.07 bits per heavy atom. The summed E-state index contributed by atoms with van der Waals surface area (Å²) in [6, 6.07) is 14.4. The first-order valence-corrected chi connectivity index (χ1v) is 8.50. The van der Waals surface area contributed by atoms with Gasteiger partial charge in [0, 0.05) is 29.4 Å². The van der Waals surface area contributed by atoms with Crippen LogP contribution >= 0.6 is 0 Å². The smallest absolute Gasteiger partial charge is 0.338 e. The fourth-order valence-electron chi connectivity index (χ4n) is 3.17. The van der Waals surface area contributed by atoms with Gasteiger partial charge >= 0.3 is 5.97 Å². The van der Waals surface area contributed by atoms with Crippen LogP contribution in [-0.2, 0) is 6.61 Å². The molecule has 0 bridgehead atoms. The number of carboxylic acid groups (broad SMARTS) is 1. The van der Waals surface area contributed by atoms with Crippen LogP contribution in [0.4, 0.5) is 0 Å².